The molecule has 0 spiro atoms. The van der Waals surface area contributed by atoms with E-state index in [0.29, 0.717) is 0 Å². The lowest BCUT2D eigenvalue weighted by Crippen LogP contribution is -2.30. The summed E-state index contributed by atoms with van der Waals surface area (Å²) in [5, 5.41) is 0. The molecule has 2 heteroatoms. The summed E-state index contributed by atoms with van der Waals surface area (Å²) in [5.74, 6) is 0. The molecule has 32 heavy (non-hydrogen) atoms. The Morgan fingerprint density at radius 3 is 1.28 bits per heavy atom. The highest BCUT2D eigenvalue weighted by Crippen LogP contribution is 2.14. The van der Waals surface area contributed by atoms with Crippen LogP contribution in [0.2, 0.25) is 0 Å². The van der Waals surface area contributed by atoms with Gasteiger partial charge in [0.15, 0.2) is 0 Å². The maximum Gasteiger partial charge on any atom is 0.243 e. The van der Waals surface area contributed by atoms with Crippen LogP contribution in [0.5, 0.6) is 0 Å². The second kappa shape index (κ2) is 23.4. The maximum absolute atomic E-state index is 2.39. The number of hydrogen-bond acceptors (Lipinski definition) is 0. The van der Waals surface area contributed by atoms with Crippen LogP contribution in [0.15, 0.2) is 18.7 Å². The van der Waals surface area contributed by atoms with Gasteiger partial charge < -0.3 is 0 Å². The van der Waals surface area contributed by atoms with Gasteiger partial charge in [-0.1, -0.05) is 136 Å². The van der Waals surface area contributed by atoms with Gasteiger partial charge in [0.05, 0.1) is 13.1 Å². The fraction of sp³-hybridized carbons (Fsp3) is 0.900. The van der Waals surface area contributed by atoms with Crippen LogP contribution in [0, 0.1) is 0 Å². The van der Waals surface area contributed by atoms with Crippen LogP contribution in [-0.2, 0) is 13.1 Å². The molecule has 0 N–H and O–H groups in total. The highest BCUT2D eigenvalue weighted by Gasteiger charge is 2.03. The van der Waals surface area contributed by atoms with Crippen LogP contribution in [0.1, 0.15) is 162 Å². The van der Waals surface area contributed by atoms with Gasteiger partial charge in [0.25, 0.3) is 0 Å². The van der Waals surface area contributed by atoms with Gasteiger partial charge in [0, 0.05) is 0 Å². The molecule has 0 aliphatic heterocycles. The minimum atomic E-state index is 1.19. The van der Waals surface area contributed by atoms with Crippen molar-refractivity contribution >= 4 is 0 Å². The minimum absolute atomic E-state index is 1.19. The van der Waals surface area contributed by atoms with Crippen molar-refractivity contribution in [1.29, 1.82) is 0 Å². The molecule has 0 radical (unpaired) electrons. The van der Waals surface area contributed by atoms with E-state index in [4.69, 9.17) is 0 Å². The highest BCUT2D eigenvalue weighted by atomic mass is 15.1. The number of aromatic nitrogens is 2. The molecule has 0 fully saturated rings. The number of hydrogen-bond donors (Lipinski definition) is 0. The largest absolute Gasteiger partial charge is 0.243 e. The molecule has 2 nitrogen and oxygen atoms in total. The number of aryl methyl sites for hydroxylation is 2. The van der Waals surface area contributed by atoms with Crippen molar-refractivity contribution in [2.24, 2.45) is 0 Å². The van der Waals surface area contributed by atoms with Crippen molar-refractivity contribution in [3.8, 4) is 0 Å². The molecule has 0 aliphatic rings. The summed E-state index contributed by atoms with van der Waals surface area (Å²) in [6, 6.07) is 0. The first-order chi connectivity index (χ1) is 15.9. The van der Waals surface area contributed by atoms with Gasteiger partial charge in [0.2, 0.25) is 6.33 Å². The molecule has 0 amide bonds. The number of rotatable bonds is 25. The quantitative estimate of drug-likeness (QED) is 0.104. The average Bonchev–Trinajstić information content (AvgIpc) is 3.26. The van der Waals surface area contributed by atoms with Gasteiger partial charge in [-0.3, -0.25) is 0 Å². The van der Waals surface area contributed by atoms with Gasteiger partial charge in [-0.25, -0.2) is 9.13 Å². The zero-order valence-electron chi connectivity index (χ0n) is 22.3. The second-order valence-corrected chi connectivity index (χ2v) is 10.3. The molecule has 0 saturated carbocycles. The monoisotopic (exact) mass is 447 g/mol. The number of unbranched alkanes of at least 4 members (excludes halogenated alkanes) is 21. The normalized spacial score (nSPS) is 11.4. The summed E-state index contributed by atoms with van der Waals surface area (Å²) in [7, 11) is 0. The predicted octanol–water partition coefficient (Wildman–Crippen LogP) is 9.79. The van der Waals surface area contributed by atoms with E-state index in [1.165, 1.54) is 161 Å². The predicted molar refractivity (Wildman–Crippen MR) is 142 cm³/mol. The van der Waals surface area contributed by atoms with E-state index in [1.807, 2.05) is 0 Å². The molecule has 0 atom stereocenters. The molecule has 0 unspecified atom stereocenters. The molecule has 1 aromatic rings. The Hall–Kier alpha value is -0.790. The smallest absolute Gasteiger partial charge is 0.237 e. The first kappa shape index (κ1) is 29.2. The van der Waals surface area contributed by atoms with E-state index in [1.54, 1.807) is 0 Å². The summed E-state index contributed by atoms with van der Waals surface area (Å²) in [6.07, 6.45) is 39.7. The minimum Gasteiger partial charge on any atom is -0.237 e. The summed E-state index contributed by atoms with van der Waals surface area (Å²) in [5.41, 5.74) is 0. The van der Waals surface area contributed by atoms with E-state index in [9.17, 15) is 0 Å². The van der Waals surface area contributed by atoms with E-state index in [2.05, 4.69) is 41.7 Å². The van der Waals surface area contributed by atoms with E-state index in [-0.39, 0.29) is 0 Å². The zero-order valence-corrected chi connectivity index (χ0v) is 22.3. The Morgan fingerprint density at radius 1 is 0.469 bits per heavy atom. The molecular formula is C30H59N2+. The van der Waals surface area contributed by atoms with E-state index >= 15 is 0 Å². The Morgan fingerprint density at radius 2 is 0.844 bits per heavy atom. The SMILES string of the molecule is CCCCCCCCCCCCCCCCCCn1cc[n+](CCCCCCCCC)c1. The summed E-state index contributed by atoms with van der Waals surface area (Å²) < 4.78 is 4.78. The average molecular weight is 448 g/mol. The van der Waals surface area contributed by atoms with Crippen LogP contribution < -0.4 is 4.57 Å². The fourth-order valence-electron chi connectivity index (χ4n) is 4.80. The van der Waals surface area contributed by atoms with Gasteiger partial charge in [-0.15, -0.1) is 0 Å². The van der Waals surface area contributed by atoms with E-state index in [0.717, 1.165) is 0 Å². The van der Waals surface area contributed by atoms with Gasteiger partial charge >= 0.3 is 0 Å². The van der Waals surface area contributed by atoms with Crippen molar-refractivity contribution in [3.05, 3.63) is 18.7 Å². The molecule has 1 aromatic heterocycles. The van der Waals surface area contributed by atoms with Crippen molar-refractivity contribution < 1.29 is 4.57 Å². The molecular weight excluding hydrogens is 388 g/mol. The number of imidazole rings is 1. The van der Waals surface area contributed by atoms with Crippen LogP contribution in [0.3, 0.4) is 0 Å². The lowest BCUT2D eigenvalue weighted by molar-refractivity contribution is -0.696. The highest BCUT2D eigenvalue weighted by molar-refractivity contribution is 4.66. The van der Waals surface area contributed by atoms with Gasteiger partial charge in [-0.05, 0) is 25.7 Å². The third kappa shape index (κ3) is 18.8. The molecule has 0 bridgehead atoms. The third-order valence-electron chi connectivity index (χ3n) is 7.04. The first-order valence-electron chi connectivity index (χ1n) is 14.9. The van der Waals surface area contributed by atoms with Crippen LogP contribution in [-0.4, -0.2) is 4.57 Å². The molecule has 188 valence electrons. The summed E-state index contributed by atoms with van der Waals surface area (Å²) in [6.45, 7) is 6.99. The van der Waals surface area contributed by atoms with Crippen molar-refractivity contribution in [2.45, 2.75) is 175 Å². The van der Waals surface area contributed by atoms with Crippen LogP contribution in [0.4, 0.5) is 0 Å². The van der Waals surface area contributed by atoms with Crippen molar-refractivity contribution in [2.75, 3.05) is 0 Å². The fourth-order valence-corrected chi connectivity index (χ4v) is 4.80. The molecule has 1 heterocycles. The third-order valence-corrected chi connectivity index (χ3v) is 7.04. The molecule has 0 aliphatic carbocycles. The Kier molecular flexibility index (Phi) is 21.4. The van der Waals surface area contributed by atoms with Crippen molar-refractivity contribution in [1.82, 2.24) is 4.57 Å². The van der Waals surface area contributed by atoms with Crippen LogP contribution in [0.25, 0.3) is 0 Å². The molecule has 1 rings (SSSR count). The lowest BCUT2D eigenvalue weighted by atomic mass is 10.0. The van der Waals surface area contributed by atoms with Crippen molar-refractivity contribution in [3.63, 3.8) is 0 Å². The maximum atomic E-state index is 2.39. The van der Waals surface area contributed by atoms with Crippen LogP contribution >= 0.6 is 0 Å². The lowest BCUT2D eigenvalue weighted by Gasteiger charge is -2.03. The Balaban J connectivity index is 1.81. The topological polar surface area (TPSA) is 8.81 Å². The Bertz CT molecular complexity index is 479. The summed E-state index contributed by atoms with van der Waals surface area (Å²) in [4.78, 5) is 0. The zero-order chi connectivity index (χ0) is 23.0. The molecule has 0 aromatic carbocycles. The second-order valence-electron chi connectivity index (χ2n) is 10.3. The Labute approximate surface area is 202 Å². The number of nitrogens with zero attached hydrogens (tertiary/aromatic N) is 2. The standard InChI is InChI=1S/C30H59N2/c1-3-5-7-9-11-12-13-14-15-16-17-18-19-21-23-25-27-32-29-28-31(30-32)26-24-22-20-10-8-6-4-2/h28-30H,3-27H2,1-2H3/q+1. The molecule has 0 saturated heterocycles. The summed E-state index contributed by atoms with van der Waals surface area (Å²) >= 11 is 0. The first-order valence-corrected chi connectivity index (χ1v) is 14.9. The van der Waals surface area contributed by atoms with E-state index < -0.39 is 0 Å². The van der Waals surface area contributed by atoms with Gasteiger partial charge in [-0.2, -0.15) is 0 Å². The van der Waals surface area contributed by atoms with Gasteiger partial charge in [0.1, 0.15) is 12.4 Å².